The van der Waals surface area contributed by atoms with Crippen molar-refractivity contribution >= 4 is 16.8 Å². The number of likely N-dealkylation sites (tertiary alicyclic amines) is 1. The molecule has 29 heavy (non-hydrogen) atoms. The second-order valence-electron chi connectivity index (χ2n) is 7.33. The van der Waals surface area contributed by atoms with Crippen LogP contribution in [0, 0.1) is 6.92 Å². The van der Waals surface area contributed by atoms with Crippen LogP contribution in [0.25, 0.3) is 10.9 Å². The van der Waals surface area contributed by atoms with Crippen molar-refractivity contribution in [1.82, 2.24) is 19.4 Å². The Kier molecular flexibility index (Phi) is 5.55. The predicted molar refractivity (Wildman–Crippen MR) is 110 cm³/mol. The van der Waals surface area contributed by atoms with Crippen molar-refractivity contribution in [3.63, 3.8) is 0 Å². The number of fused-ring (bicyclic) bond motifs is 1. The lowest BCUT2D eigenvalue weighted by atomic mass is 10.1. The van der Waals surface area contributed by atoms with Crippen molar-refractivity contribution < 1.29 is 9.53 Å². The molecule has 2 aromatic heterocycles. The molecule has 0 spiro atoms. The Morgan fingerprint density at radius 3 is 2.72 bits per heavy atom. The molecule has 0 unspecified atom stereocenters. The second kappa shape index (κ2) is 8.43. The van der Waals surface area contributed by atoms with Crippen LogP contribution in [-0.2, 0) is 11.3 Å². The second-order valence-corrected chi connectivity index (χ2v) is 7.33. The highest BCUT2D eigenvalue weighted by atomic mass is 16.5. The number of aryl methyl sites for hydroxylation is 2. The molecule has 1 aliphatic heterocycles. The Bertz CT molecular complexity index is 1070. The van der Waals surface area contributed by atoms with Crippen LogP contribution < -0.4 is 10.3 Å². The molecule has 1 aromatic carbocycles. The summed E-state index contributed by atoms with van der Waals surface area (Å²) in [7, 11) is 0. The number of para-hydroxylation sites is 1. The maximum absolute atomic E-state index is 12.6. The van der Waals surface area contributed by atoms with Gasteiger partial charge in [-0.05, 0) is 25.1 Å². The lowest BCUT2D eigenvalue weighted by molar-refractivity contribution is -0.133. The highest BCUT2D eigenvalue weighted by molar-refractivity contribution is 5.77. The van der Waals surface area contributed by atoms with E-state index in [0.717, 1.165) is 18.5 Å². The SMILES string of the molecule is Cc1cccc(OC2CCN(C(=O)CCn3cnc4ccccc4c3=O)CC2)n1. The standard InChI is InChI=1S/C22H24N4O3/c1-16-5-4-8-20(24-16)29-17-9-12-25(13-10-17)21(27)11-14-26-15-23-19-7-3-2-6-18(19)22(26)28/h2-8,15,17H,9-14H2,1H3. The third-order valence-electron chi connectivity index (χ3n) is 5.24. The fraction of sp³-hybridized carbons (Fsp3) is 0.364. The molecule has 3 aromatic rings. The van der Waals surface area contributed by atoms with E-state index in [2.05, 4.69) is 9.97 Å². The molecule has 0 saturated carbocycles. The van der Waals surface area contributed by atoms with Crippen LogP contribution in [0.1, 0.15) is 25.0 Å². The number of aromatic nitrogens is 3. The van der Waals surface area contributed by atoms with E-state index in [-0.39, 0.29) is 24.0 Å². The molecule has 1 saturated heterocycles. The van der Waals surface area contributed by atoms with Crippen LogP contribution in [0.15, 0.2) is 53.6 Å². The molecular formula is C22H24N4O3. The Hall–Kier alpha value is -3.22. The third-order valence-corrected chi connectivity index (χ3v) is 5.24. The minimum absolute atomic E-state index is 0.0530. The first-order valence-corrected chi connectivity index (χ1v) is 9.92. The highest BCUT2D eigenvalue weighted by Gasteiger charge is 2.24. The Labute approximate surface area is 169 Å². The van der Waals surface area contributed by atoms with Gasteiger partial charge < -0.3 is 9.64 Å². The van der Waals surface area contributed by atoms with Crippen LogP contribution in [0.3, 0.4) is 0 Å². The topological polar surface area (TPSA) is 77.3 Å². The van der Waals surface area contributed by atoms with Gasteiger partial charge in [0.1, 0.15) is 6.10 Å². The van der Waals surface area contributed by atoms with Gasteiger partial charge in [0.15, 0.2) is 0 Å². The Balaban J connectivity index is 1.30. The van der Waals surface area contributed by atoms with Gasteiger partial charge >= 0.3 is 0 Å². The van der Waals surface area contributed by atoms with Gasteiger partial charge in [0, 0.05) is 50.7 Å². The van der Waals surface area contributed by atoms with Gasteiger partial charge in [-0.3, -0.25) is 14.2 Å². The molecule has 1 amide bonds. The van der Waals surface area contributed by atoms with Gasteiger partial charge in [0.2, 0.25) is 11.8 Å². The van der Waals surface area contributed by atoms with E-state index in [0.29, 0.717) is 36.4 Å². The van der Waals surface area contributed by atoms with Crippen molar-refractivity contribution in [3.8, 4) is 5.88 Å². The number of piperidine rings is 1. The Morgan fingerprint density at radius 1 is 1.14 bits per heavy atom. The van der Waals surface area contributed by atoms with E-state index in [1.165, 1.54) is 10.9 Å². The van der Waals surface area contributed by atoms with E-state index in [9.17, 15) is 9.59 Å². The maximum atomic E-state index is 12.6. The number of amides is 1. The van der Waals surface area contributed by atoms with E-state index < -0.39 is 0 Å². The first-order chi connectivity index (χ1) is 14.1. The van der Waals surface area contributed by atoms with Crippen LogP contribution in [-0.4, -0.2) is 44.5 Å². The number of pyridine rings is 1. The molecule has 150 valence electrons. The summed E-state index contributed by atoms with van der Waals surface area (Å²) in [6, 6.07) is 13.0. The van der Waals surface area contributed by atoms with E-state index in [4.69, 9.17) is 4.74 Å². The zero-order chi connectivity index (χ0) is 20.2. The summed E-state index contributed by atoms with van der Waals surface area (Å²) in [5.74, 6) is 0.690. The average molecular weight is 392 g/mol. The quantitative estimate of drug-likeness (QED) is 0.667. The molecule has 1 aliphatic rings. The van der Waals surface area contributed by atoms with Gasteiger partial charge in [0.25, 0.3) is 5.56 Å². The minimum Gasteiger partial charge on any atom is -0.474 e. The number of hydrogen-bond donors (Lipinski definition) is 0. The zero-order valence-electron chi connectivity index (χ0n) is 16.5. The first kappa shape index (κ1) is 19.1. The number of rotatable bonds is 5. The monoisotopic (exact) mass is 392 g/mol. The smallest absolute Gasteiger partial charge is 0.261 e. The summed E-state index contributed by atoms with van der Waals surface area (Å²) >= 11 is 0. The molecule has 0 atom stereocenters. The molecular weight excluding hydrogens is 368 g/mol. The first-order valence-electron chi connectivity index (χ1n) is 9.92. The molecule has 0 N–H and O–H groups in total. The summed E-state index contributed by atoms with van der Waals surface area (Å²) in [5.41, 5.74) is 1.49. The van der Waals surface area contributed by atoms with Crippen LogP contribution in [0.5, 0.6) is 5.88 Å². The molecule has 0 bridgehead atoms. The summed E-state index contributed by atoms with van der Waals surface area (Å²) in [5, 5.41) is 0.574. The minimum atomic E-state index is -0.110. The van der Waals surface area contributed by atoms with Gasteiger partial charge in [0.05, 0.1) is 17.2 Å². The van der Waals surface area contributed by atoms with Crippen LogP contribution in [0.2, 0.25) is 0 Å². The van der Waals surface area contributed by atoms with Crippen molar-refractivity contribution in [2.75, 3.05) is 13.1 Å². The summed E-state index contributed by atoms with van der Waals surface area (Å²) in [6.07, 6.45) is 3.43. The molecule has 1 fully saturated rings. The fourth-order valence-electron chi connectivity index (χ4n) is 3.62. The Morgan fingerprint density at radius 2 is 1.93 bits per heavy atom. The van der Waals surface area contributed by atoms with Crippen molar-refractivity contribution in [2.45, 2.75) is 38.8 Å². The molecule has 7 nitrogen and oxygen atoms in total. The third kappa shape index (κ3) is 4.45. The van der Waals surface area contributed by atoms with Crippen LogP contribution in [0.4, 0.5) is 0 Å². The lowest BCUT2D eigenvalue weighted by Crippen LogP contribution is -2.42. The molecule has 3 heterocycles. The van der Waals surface area contributed by atoms with Gasteiger partial charge in [-0.15, -0.1) is 0 Å². The summed E-state index contributed by atoms with van der Waals surface area (Å²) in [6.45, 7) is 3.57. The molecule has 4 rings (SSSR count). The normalized spacial score (nSPS) is 14.9. The number of carbonyl (C=O) groups excluding carboxylic acids is 1. The van der Waals surface area contributed by atoms with Gasteiger partial charge in [-0.25, -0.2) is 9.97 Å². The predicted octanol–water partition coefficient (Wildman–Crippen LogP) is 2.56. The van der Waals surface area contributed by atoms with E-state index in [1.807, 2.05) is 48.2 Å². The summed E-state index contributed by atoms with van der Waals surface area (Å²) in [4.78, 5) is 35.7. The number of hydrogen-bond acceptors (Lipinski definition) is 5. The van der Waals surface area contributed by atoms with E-state index in [1.54, 1.807) is 6.07 Å². The van der Waals surface area contributed by atoms with Crippen molar-refractivity contribution in [1.29, 1.82) is 0 Å². The van der Waals surface area contributed by atoms with Crippen molar-refractivity contribution in [2.24, 2.45) is 0 Å². The fourth-order valence-corrected chi connectivity index (χ4v) is 3.62. The number of benzene rings is 1. The average Bonchev–Trinajstić information content (AvgIpc) is 2.74. The molecule has 0 radical (unpaired) electrons. The largest absolute Gasteiger partial charge is 0.474 e. The number of carbonyl (C=O) groups is 1. The van der Waals surface area contributed by atoms with Gasteiger partial charge in [-0.2, -0.15) is 0 Å². The van der Waals surface area contributed by atoms with Crippen molar-refractivity contribution in [3.05, 3.63) is 64.8 Å². The number of nitrogens with zero attached hydrogens (tertiary/aromatic N) is 4. The summed E-state index contributed by atoms with van der Waals surface area (Å²) < 4.78 is 7.46. The molecule has 0 aliphatic carbocycles. The highest BCUT2D eigenvalue weighted by Crippen LogP contribution is 2.18. The van der Waals surface area contributed by atoms with E-state index >= 15 is 0 Å². The number of ether oxygens (including phenoxy) is 1. The zero-order valence-corrected chi connectivity index (χ0v) is 16.5. The van der Waals surface area contributed by atoms with Crippen LogP contribution >= 0.6 is 0 Å². The lowest BCUT2D eigenvalue weighted by Gasteiger charge is -2.32. The maximum Gasteiger partial charge on any atom is 0.261 e. The molecule has 7 heteroatoms. The van der Waals surface area contributed by atoms with Gasteiger partial charge in [-0.1, -0.05) is 18.2 Å².